The number of nitrogens with one attached hydrogen (secondary N) is 1. The molecular weight excluding hydrogens is 535 g/mol. The largest absolute Gasteiger partial charge is 0.354 e. The molecule has 1 N–H and O–H groups in total. The third-order valence-electron chi connectivity index (χ3n) is 4.79. The molecule has 34 heavy (non-hydrogen) atoms. The summed E-state index contributed by atoms with van der Waals surface area (Å²) in [5, 5.41) is 4.32. The Morgan fingerprint density at radius 3 is 2.35 bits per heavy atom. The maximum Gasteiger partial charge on any atom is 0.264 e. The summed E-state index contributed by atoms with van der Waals surface area (Å²) in [6.45, 7) is 0.0524. The highest BCUT2D eigenvalue weighted by molar-refractivity contribution is 7.98. The van der Waals surface area contributed by atoms with Crippen molar-refractivity contribution in [3.63, 3.8) is 0 Å². The minimum Gasteiger partial charge on any atom is -0.354 e. The van der Waals surface area contributed by atoms with E-state index in [4.69, 9.17) is 34.8 Å². The van der Waals surface area contributed by atoms with Gasteiger partial charge in [0.05, 0.1) is 10.6 Å². The number of carbonyl (C=O) groups excluding carboxylic acids is 1. The van der Waals surface area contributed by atoms with Crippen LogP contribution in [0.15, 0.2) is 77.7 Å². The first-order chi connectivity index (χ1) is 16.3. The fraction of sp³-hybridized carbons (Fsp3) is 0.208. The summed E-state index contributed by atoms with van der Waals surface area (Å²) < 4.78 is 27.7. The van der Waals surface area contributed by atoms with E-state index in [-0.39, 0.29) is 11.4 Å². The number of anilines is 1. The first kappa shape index (κ1) is 26.7. The SMILES string of the molecule is O=C(CN(c1cccc(Cl)c1)S(=O)(=O)c1ccc(Cl)cc1)NCCCSCc1ccccc1Cl. The molecule has 0 unspecified atom stereocenters. The van der Waals surface area contributed by atoms with Gasteiger partial charge >= 0.3 is 0 Å². The van der Waals surface area contributed by atoms with Crippen molar-refractivity contribution >= 4 is 68.2 Å². The first-order valence-electron chi connectivity index (χ1n) is 10.4. The number of benzene rings is 3. The molecule has 0 spiro atoms. The van der Waals surface area contributed by atoms with E-state index >= 15 is 0 Å². The van der Waals surface area contributed by atoms with Crippen molar-refractivity contribution in [1.29, 1.82) is 0 Å². The molecule has 0 radical (unpaired) electrons. The molecule has 0 heterocycles. The molecule has 1 amide bonds. The Kier molecular flexibility index (Phi) is 9.97. The van der Waals surface area contributed by atoms with Crippen molar-refractivity contribution in [2.75, 3.05) is 23.1 Å². The minimum atomic E-state index is -4.02. The van der Waals surface area contributed by atoms with Gasteiger partial charge in [-0.3, -0.25) is 9.10 Å². The number of halogens is 3. The van der Waals surface area contributed by atoms with Crippen LogP contribution < -0.4 is 9.62 Å². The van der Waals surface area contributed by atoms with Crippen LogP contribution in [-0.2, 0) is 20.6 Å². The smallest absolute Gasteiger partial charge is 0.264 e. The monoisotopic (exact) mass is 556 g/mol. The first-order valence-corrected chi connectivity index (χ1v) is 14.1. The van der Waals surface area contributed by atoms with Crippen LogP contribution in [0.4, 0.5) is 5.69 Å². The summed E-state index contributed by atoms with van der Waals surface area (Å²) >= 11 is 19.9. The normalized spacial score (nSPS) is 11.3. The molecular formula is C24H23Cl3N2O3S2. The predicted molar refractivity (Wildman–Crippen MR) is 143 cm³/mol. The van der Waals surface area contributed by atoms with Crippen LogP contribution in [0, 0.1) is 0 Å². The molecule has 5 nitrogen and oxygen atoms in total. The van der Waals surface area contributed by atoms with Gasteiger partial charge in [0.15, 0.2) is 0 Å². The highest BCUT2D eigenvalue weighted by Gasteiger charge is 2.27. The molecule has 0 saturated heterocycles. The molecule has 0 atom stereocenters. The van der Waals surface area contributed by atoms with E-state index in [2.05, 4.69) is 5.32 Å². The van der Waals surface area contributed by atoms with E-state index in [1.807, 2.05) is 24.3 Å². The third-order valence-corrected chi connectivity index (χ3v) is 8.52. The highest BCUT2D eigenvalue weighted by Crippen LogP contribution is 2.27. The zero-order valence-electron chi connectivity index (χ0n) is 18.1. The molecule has 0 aliphatic heterocycles. The van der Waals surface area contributed by atoms with E-state index < -0.39 is 15.9 Å². The summed E-state index contributed by atoms with van der Waals surface area (Å²) in [6, 6.07) is 19.9. The van der Waals surface area contributed by atoms with Gasteiger partial charge in [0, 0.05) is 27.4 Å². The molecule has 0 aliphatic carbocycles. The summed E-state index contributed by atoms with van der Waals surface area (Å²) in [6.07, 6.45) is 0.738. The Hall–Kier alpha value is -1.90. The maximum atomic E-state index is 13.3. The molecule has 3 aromatic rings. The van der Waals surface area contributed by atoms with E-state index in [9.17, 15) is 13.2 Å². The van der Waals surface area contributed by atoms with Gasteiger partial charge in [0.1, 0.15) is 6.54 Å². The Labute approximate surface area is 219 Å². The van der Waals surface area contributed by atoms with Crippen LogP contribution in [0.5, 0.6) is 0 Å². The lowest BCUT2D eigenvalue weighted by molar-refractivity contribution is -0.119. The molecule has 0 aliphatic rings. The van der Waals surface area contributed by atoms with Crippen LogP contribution in [-0.4, -0.2) is 33.2 Å². The zero-order valence-corrected chi connectivity index (χ0v) is 22.0. The second-order valence-electron chi connectivity index (χ2n) is 7.29. The van der Waals surface area contributed by atoms with E-state index in [0.29, 0.717) is 22.3 Å². The lowest BCUT2D eigenvalue weighted by Crippen LogP contribution is -2.41. The predicted octanol–water partition coefficient (Wildman–Crippen LogP) is 6.28. The summed E-state index contributed by atoms with van der Waals surface area (Å²) in [7, 11) is -4.02. The fourth-order valence-corrected chi connectivity index (χ4v) is 6.04. The number of hydrogen-bond acceptors (Lipinski definition) is 4. The van der Waals surface area contributed by atoms with Gasteiger partial charge in [-0.1, -0.05) is 59.1 Å². The lowest BCUT2D eigenvalue weighted by Gasteiger charge is -2.24. The van der Waals surface area contributed by atoms with Crippen LogP contribution in [0.25, 0.3) is 0 Å². The second-order valence-corrected chi connectivity index (χ2v) is 11.5. The molecule has 0 saturated carbocycles. The average molecular weight is 558 g/mol. The van der Waals surface area contributed by atoms with E-state index in [1.165, 1.54) is 30.3 Å². The minimum absolute atomic E-state index is 0.0284. The van der Waals surface area contributed by atoms with Crippen LogP contribution >= 0.6 is 46.6 Å². The molecule has 0 bridgehead atoms. The number of hydrogen-bond donors (Lipinski definition) is 1. The molecule has 3 aromatic carbocycles. The van der Waals surface area contributed by atoms with E-state index in [1.54, 1.807) is 30.0 Å². The summed E-state index contributed by atoms with van der Waals surface area (Å²) in [4.78, 5) is 12.7. The van der Waals surface area contributed by atoms with Crippen molar-refractivity contribution < 1.29 is 13.2 Å². The molecule has 0 fully saturated rings. The average Bonchev–Trinajstić information content (AvgIpc) is 2.81. The van der Waals surface area contributed by atoms with Crippen LogP contribution in [0.3, 0.4) is 0 Å². The van der Waals surface area contributed by atoms with Crippen LogP contribution in [0.1, 0.15) is 12.0 Å². The lowest BCUT2D eigenvalue weighted by atomic mass is 10.2. The number of thioether (sulfide) groups is 1. The fourth-order valence-electron chi connectivity index (χ4n) is 3.07. The number of carbonyl (C=O) groups is 1. The molecule has 0 aromatic heterocycles. The van der Waals surface area contributed by atoms with Crippen molar-refractivity contribution in [1.82, 2.24) is 5.32 Å². The molecule has 180 valence electrons. The van der Waals surface area contributed by atoms with Gasteiger partial charge in [0.25, 0.3) is 10.0 Å². The molecule has 3 rings (SSSR count). The second kappa shape index (κ2) is 12.7. The Morgan fingerprint density at radius 2 is 1.65 bits per heavy atom. The number of sulfonamides is 1. The van der Waals surface area contributed by atoms with Gasteiger partial charge < -0.3 is 5.32 Å². The van der Waals surface area contributed by atoms with Gasteiger partial charge in [-0.2, -0.15) is 11.8 Å². The maximum absolute atomic E-state index is 13.3. The summed E-state index contributed by atoms with van der Waals surface area (Å²) in [5.41, 5.74) is 1.37. The standard InChI is InChI=1S/C24H23Cl3N2O3S2/c25-19-9-11-22(12-10-19)34(31,32)29(21-7-3-6-20(26)15-21)16-24(30)28-13-4-14-33-17-18-5-1-2-8-23(18)27/h1-3,5-12,15H,4,13-14,16-17H2,(H,28,30). The van der Waals surface area contributed by atoms with Crippen molar-refractivity contribution in [3.8, 4) is 0 Å². The number of nitrogens with zero attached hydrogens (tertiary/aromatic N) is 1. The number of amides is 1. The quantitative estimate of drug-likeness (QED) is 0.282. The van der Waals surface area contributed by atoms with Crippen molar-refractivity contribution in [2.24, 2.45) is 0 Å². The van der Waals surface area contributed by atoms with Crippen LogP contribution in [0.2, 0.25) is 15.1 Å². The van der Waals surface area contributed by atoms with Gasteiger partial charge in [-0.05, 0) is 66.3 Å². The van der Waals surface area contributed by atoms with Crippen molar-refractivity contribution in [2.45, 2.75) is 17.1 Å². The Balaban J connectivity index is 1.59. The zero-order chi connectivity index (χ0) is 24.6. The Morgan fingerprint density at radius 1 is 0.912 bits per heavy atom. The summed E-state index contributed by atoms with van der Waals surface area (Å²) in [5.74, 6) is 1.20. The van der Waals surface area contributed by atoms with Gasteiger partial charge in [-0.25, -0.2) is 8.42 Å². The van der Waals surface area contributed by atoms with E-state index in [0.717, 1.165) is 32.8 Å². The van der Waals surface area contributed by atoms with Gasteiger partial charge in [-0.15, -0.1) is 0 Å². The highest BCUT2D eigenvalue weighted by atomic mass is 35.5. The Bertz CT molecular complexity index is 1220. The topological polar surface area (TPSA) is 66.5 Å². The molecule has 10 heteroatoms. The van der Waals surface area contributed by atoms with Gasteiger partial charge in [0.2, 0.25) is 5.91 Å². The number of rotatable bonds is 11. The van der Waals surface area contributed by atoms with Crippen molar-refractivity contribution in [3.05, 3.63) is 93.4 Å². The third kappa shape index (κ3) is 7.55.